The van der Waals surface area contributed by atoms with E-state index >= 15 is 0 Å². The minimum absolute atomic E-state index is 0.222. The lowest BCUT2D eigenvalue weighted by Gasteiger charge is -2.40. The maximum Gasteiger partial charge on any atom is 0.254 e. The third kappa shape index (κ3) is 4.33. The first-order chi connectivity index (χ1) is 16.4. The summed E-state index contributed by atoms with van der Waals surface area (Å²) in [6.07, 6.45) is 1.99. The van der Waals surface area contributed by atoms with Gasteiger partial charge in [0, 0.05) is 23.2 Å². The predicted molar refractivity (Wildman–Crippen MR) is 130 cm³/mol. The number of nitrogens with one attached hydrogen (secondary N) is 1. The van der Waals surface area contributed by atoms with Gasteiger partial charge in [-0.05, 0) is 65.9 Å². The fourth-order valence-electron chi connectivity index (χ4n) is 4.30. The van der Waals surface area contributed by atoms with Crippen LogP contribution in [0.15, 0.2) is 65.6 Å². The quantitative estimate of drug-likeness (QED) is 0.497. The van der Waals surface area contributed by atoms with Crippen LogP contribution < -0.4 is 14.8 Å². The second-order valence-electron chi connectivity index (χ2n) is 7.90. The van der Waals surface area contributed by atoms with E-state index in [1.54, 1.807) is 35.8 Å². The van der Waals surface area contributed by atoms with Crippen molar-refractivity contribution >= 4 is 29.3 Å². The van der Waals surface area contributed by atoms with E-state index in [-0.39, 0.29) is 11.8 Å². The predicted octanol–water partition coefficient (Wildman–Crippen LogP) is 5.11. The van der Waals surface area contributed by atoms with Crippen LogP contribution in [-0.4, -0.2) is 44.2 Å². The number of thioether (sulfide) groups is 1. The molecule has 1 aliphatic heterocycles. The number of hydrogen-bond acceptors (Lipinski definition) is 5. The van der Waals surface area contributed by atoms with Crippen molar-refractivity contribution in [2.24, 2.45) is 0 Å². The maximum atomic E-state index is 13.7. The summed E-state index contributed by atoms with van der Waals surface area (Å²) >= 11 is 1.61. The second-order valence-corrected chi connectivity index (χ2v) is 8.78. The number of hydrogen-bond donors (Lipinski definition) is 1. The van der Waals surface area contributed by atoms with E-state index in [4.69, 9.17) is 9.47 Å². The number of fused-ring (bicyclic) bond motifs is 1. The van der Waals surface area contributed by atoms with Crippen molar-refractivity contribution in [3.8, 4) is 11.5 Å². The first-order valence-corrected chi connectivity index (χ1v) is 11.8. The van der Waals surface area contributed by atoms with Crippen molar-refractivity contribution in [2.45, 2.75) is 16.9 Å². The van der Waals surface area contributed by atoms with Crippen molar-refractivity contribution in [3.05, 3.63) is 83.2 Å². The molecule has 8 heteroatoms. The van der Waals surface area contributed by atoms with Gasteiger partial charge in [-0.3, -0.25) is 9.59 Å². The highest BCUT2D eigenvalue weighted by Gasteiger charge is 2.43. The number of carbonyl (C=O) groups is 2. The van der Waals surface area contributed by atoms with Gasteiger partial charge in [0.25, 0.3) is 5.91 Å². The highest BCUT2D eigenvalue weighted by Crippen LogP contribution is 2.46. The SMILES string of the molecule is COc1cc2c(cc1OC)[C@@H](C(=O)Nc1ccc(F)cc1)[C@H](c1ccc(SC)cc1)N(C)C2=O. The first kappa shape index (κ1) is 23.6. The summed E-state index contributed by atoms with van der Waals surface area (Å²) in [7, 11) is 4.69. The number of halogens is 1. The lowest BCUT2D eigenvalue weighted by Crippen LogP contribution is -2.44. The van der Waals surface area contributed by atoms with Gasteiger partial charge in [0.2, 0.25) is 5.91 Å². The number of ether oxygens (including phenoxy) is 2. The summed E-state index contributed by atoms with van der Waals surface area (Å²) in [6, 6.07) is 16.1. The van der Waals surface area contributed by atoms with Gasteiger partial charge in [-0.2, -0.15) is 0 Å². The number of methoxy groups -OCH3 is 2. The number of rotatable bonds is 6. The Morgan fingerprint density at radius 2 is 1.62 bits per heavy atom. The number of amides is 2. The molecule has 2 atom stereocenters. The van der Waals surface area contributed by atoms with Gasteiger partial charge in [0.05, 0.1) is 26.2 Å². The average molecular weight is 481 g/mol. The van der Waals surface area contributed by atoms with E-state index in [0.717, 1.165) is 10.5 Å². The summed E-state index contributed by atoms with van der Waals surface area (Å²) in [5.74, 6) is -0.852. The number of carbonyl (C=O) groups excluding carboxylic acids is 2. The number of benzene rings is 3. The van der Waals surface area contributed by atoms with Crippen molar-refractivity contribution < 1.29 is 23.5 Å². The van der Waals surface area contributed by atoms with Crippen LogP contribution in [0.5, 0.6) is 11.5 Å². The molecule has 176 valence electrons. The summed E-state index contributed by atoms with van der Waals surface area (Å²) < 4.78 is 24.2. The lowest BCUT2D eigenvalue weighted by atomic mass is 9.79. The lowest BCUT2D eigenvalue weighted by molar-refractivity contribution is -0.119. The molecule has 2 amide bonds. The van der Waals surface area contributed by atoms with E-state index in [1.807, 2.05) is 30.5 Å². The molecule has 34 heavy (non-hydrogen) atoms. The van der Waals surface area contributed by atoms with E-state index < -0.39 is 17.8 Å². The average Bonchev–Trinajstić information content (AvgIpc) is 2.86. The Kier molecular flexibility index (Phi) is 6.79. The molecule has 6 nitrogen and oxygen atoms in total. The molecule has 0 fully saturated rings. The molecule has 0 bridgehead atoms. The summed E-state index contributed by atoms with van der Waals surface area (Å²) in [5.41, 5.74) is 2.20. The number of likely N-dealkylation sites (N-methyl/N-ethyl adjacent to an activating group) is 1. The standard InChI is InChI=1S/C26H25FN2O4S/c1-29-24(15-5-11-18(34-4)12-6-15)23(25(30)28-17-9-7-16(27)8-10-17)19-13-21(32-2)22(33-3)14-20(19)26(29)31/h5-14,23-24H,1-4H3,(H,28,30)/t23-,24+/m1/s1. The highest BCUT2D eigenvalue weighted by atomic mass is 32.2. The van der Waals surface area contributed by atoms with Crippen molar-refractivity contribution in [1.29, 1.82) is 0 Å². The smallest absolute Gasteiger partial charge is 0.254 e. The van der Waals surface area contributed by atoms with Gasteiger partial charge >= 0.3 is 0 Å². The van der Waals surface area contributed by atoms with Crippen LogP contribution >= 0.6 is 11.8 Å². The van der Waals surface area contributed by atoms with E-state index in [0.29, 0.717) is 28.3 Å². The van der Waals surface area contributed by atoms with Crippen LogP contribution in [0, 0.1) is 5.82 Å². The normalized spacial score (nSPS) is 17.2. The number of anilines is 1. The van der Waals surface area contributed by atoms with Crippen molar-refractivity contribution in [1.82, 2.24) is 4.90 Å². The molecule has 0 saturated carbocycles. The molecule has 0 saturated heterocycles. The molecule has 3 aromatic rings. The van der Waals surface area contributed by atoms with E-state index in [1.165, 1.54) is 38.5 Å². The van der Waals surface area contributed by atoms with Gasteiger partial charge in [0.1, 0.15) is 5.82 Å². The van der Waals surface area contributed by atoms with Crippen LogP contribution in [0.3, 0.4) is 0 Å². The van der Waals surface area contributed by atoms with Gasteiger partial charge < -0.3 is 19.7 Å². The zero-order valence-electron chi connectivity index (χ0n) is 19.3. The maximum absolute atomic E-state index is 13.7. The van der Waals surface area contributed by atoms with Crippen LogP contribution in [0.2, 0.25) is 0 Å². The molecule has 0 unspecified atom stereocenters. The van der Waals surface area contributed by atoms with Gasteiger partial charge in [-0.15, -0.1) is 11.8 Å². The zero-order valence-corrected chi connectivity index (χ0v) is 20.1. The van der Waals surface area contributed by atoms with Crippen molar-refractivity contribution in [3.63, 3.8) is 0 Å². The third-order valence-electron chi connectivity index (χ3n) is 6.03. The van der Waals surface area contributed by atoms with Crippen LogP contribution in [-0.2, 0) is 4.79 Å². The fourth-order valence-corrected chi connectivity index (χ4v) is 4.71. The molecule has 1 heterocycles. The summed E-state index contributed by atoms with van der Waals surface area (Å²) in [4.78, 5) is 29.8. The fraction of sp³-hybridized carbons (Fsp3) is 0.231. The summed E-state index contributed by atoms with van der Waals surface area (Å²) in [5, 5.41) is 2.88. The molecule has 0 aliphatic carbocycles. The minimum atomic E-state index is -0.748. The Labute approximate surface area is 202 Å². The molecular formula is C26H25FN2O4S. The van der Waals surface area contributed by atoms with Gasteiger partial charge in [0.15, 0.2) is 11.5 Å². The van der Waals surface area contributed by atoms with Crippen LogP contribution in [0.4, 0.5) is 10.1 Å². The number of nitrogens with zero attached hydrogens (tertiary/aromatic N) is 1. The largest absolute Gasteiger partial charge is 0.493 e. The zero-order chi connectivity index (χ0) is 24.4. The molecular weight excluding hydrogens is 455 g/mol. The molecule has 1 N–H and O–H groups in total. The molecule has 0 aromatic heterocycles. The minimum Gasteiger partial charge on any atom is -0.493 e. The van der Waals surface area contributed by atoms with E-state index in [9.17, 15) is 14.0 Å². The Bertz CT molecular complexity index is 1210. The Balaban J connectivity index is 1.86. The first-order valence-electron chi connectivity index (χ1n) is 10.6. The highest BCUT2D eigenvalue weighted by molar-refractivity contribution is 7.98. The Hall–Kier alpha value is -3.52. The Morgan fingerprint density at radius 3 is 2.21 bits per heavy atom. The van der Waals surface area contributed by atoms with Gasteiger partial charge in [-0.1, -0.05) is 12.1 Å². The van der Waals surface area contributed by atoms with Crippen LogP contribution in [0.1, 0.15) is 33.4 Å². The summed E-state index contributed by atoms with van der Waals surface area (Å²) in [6.45, 7) is 0. The van der Waals surface area contributed by atoms with Crippen LogP contribution in [0.25, 0.3) is 0 Å². The molecule has 3 aromatic carbocycles. The molecule has 4 rings (SSSR count). The molecule has 0 radical (unpaired) electrons. The third-order valence-corrected chi connectivity index (χ3v) is 6.77. The monoisotopic (exact) mass is 480 g/mol. The van der Waals surface area contributed by atoms with Gasteiger partial charge in [-0.25, -0.2) is 4.39 Å². The molecule has 1 aliphatic rings. The topological polar surface area (TPSA) is 67.9 Å². The Morgan fingerprint density at radius 1 is 1.00 bits per heavy atom. The van der Waals surface area contributed by atoms with Crippen molar-refractivity contribution in [2.75, 3.05) is 32.8 Å². The molecule has 0 spiro atoms. The van der Waals surface area contributed by atoms with E-state index in [2.05, 4.69) is 5.32 Å². The second kappa shape index (κ2) is 9.77.